The zero-order valence-electron chi connectivity index (χ0n) is 9.65. The second-order valence-corrected chi connectivity index (χ2v) is 3.61. The number of aliphatic carboxylic acids is 1. The minimum absolute atomic E-state index is 0.331. The molecule has 0 unspecified atom stereocenters. The highest BCUT2D eigenvalue weighted by Gasteiger charge is 2.17. The van der Waals surface area contributed by atoms with E-state index in [9.17, 15) is 9.59 Å². The molecule has 18 heavy (non-hydrogen) atoms. The van der Waals surface area contributed by atoms with Gasteiger partial charge < -0.3 is 20.7 Å². The third-order valence-corrected chi connectivity index (χ3v) is 2.49. The molecule has 0 atom stereocenters. The normalized spacial score (nSPS) is 10.3. The highest BCUT2D eigenvalue weighted by molar-refractivity contribution is 6.10. The van der Waals surface area contributed by atoms with Gasteiger partial charge in [-0.3, -0.25) is 9.59 Å². The number of benzene rings is 1. The van der Waals surface area contributed by atoms with Crippen LogP contribution in [0, 0.1) is 0 Å². The molecule has 1 amide bonds. The molecule has 1 aromatic carbocycles. The second-order valence-electron chi connectivity index (χ2n) is 3.61. The van der Waals surface area contributed by atoms with E-state index in [1.165, 1.54) is 6.33 Å². The lowest BCUT2D eigenvalue weighted by atomic mass is 10.1. The number of H-pyrrole nitrogens is 1. The van der Waals surface area contributed by atoms with E-state index in [-0.39, 0.29) is 0 Å². The van der Waals surface area contributed by atoms with Gasteiger partial charge >= 0.3 is 5.97 Å². The number of aromatic nitrogens is 2. The average molecular weight is 248 g/mol. The topological polar surface area (TPSA) is 107 Å². The van der Waals surface area contributed by atoms with Gasteiger partial charge in [0.25, 0.3) is 5.91 Å². The van der Waals surface area contributed by atoms with Gasteiger partial charge in [0.05, 0.1) is 17.4 Å². The van der Waals surface area contributed by atoms with Crippen molar-refractivity contribution in [2.75, 3.05) is 18.9 Å². The minimum atomic E-state index is -1.09. The van der Waals surface area contributed by atoms with Gasteiger partial charge in [-0.2, -0.15) is 0 Å². The number of hydrogen-bond acceptors (Lipinski definition) is 4. The molecular formula is C11H12N4O3. The summed E-state index contributed by atoms with van der Waals surface area (Å²) in [4.78, 5) is 29.4. The molecule has 0 aliphatic heterocycles. The number of aromatic amines is 1. The molecule has 0 fully saturated rings. The fourth-order valence-corrected chi connectivity index (χ4v) is 1.69. The highest BCUT2D eigenvalue weighted by Crippen LogP contribution is 2.23. The van der Waals surface area contributed by atoms with E-state index in [0.29, 0.717) is 16.8 Å². The Morgan fingerprint density at radius 1 is 1.44 bits per heavy atom. The monoisotopic (exact) mass is 248 g/mol. The van der Waals surface area contributed by atoms with Gasteiger partial charge in [-0.15, -0.1) is 0 Å². The summed E-state index contributed by atoms with van der Waals surface area (Å²) in [7, 11) is 1.68. The van der Waals surface area contributed by atoms with Crippen molar-refractivity contribution in [3.8, 4) is 0 Å². The van der Waals surface area contributed by atoms with Gasteiger partial charge in [-0.1, -0.05) is 0 Å². The summed E-state index contributed by atoms with van der Waals surface area (Å²) in [6.45, 7) is -0.428. The summed E-state index contributed by atoms with van der Waals surface area (Å²) < 4.78 is 0. The van der Waals surface area contributed by atoms with Crippen LogP contribution in [-0.2, 0) is 4.79 Å². The SMILES string of the molecule is CNc1ccc2[nH]cnc2c1C(=O)NCC(=O)O. The van der Waals surface area contributed by atoms with E-state index < -0.39 is 18.4 Å². The Hall–Kier alpha value is -2.57. The van der Waals surface area contributed by atoms with E-state index >= 15 is 0 Å². The highest BCUT2D eigenvalue weighted by atomic mass is 16.4. The fraction of sp³-hybridized carbons (Fsp3) is 0.182. The summed E-state index contributed by atoms with van der Waals surface area (Å²) in [5, 5.41) is 13.8. The number of hydrogen-bond donors (Lipinski definition) is 4. The fourth-order valence-electron chi connectivity index (χ4n) is 1.69. The van der Waals surface area contributed by atoms with Crippen molar-refractivity contribution in [3.63, 3.8) is 0 Å². The Morgan fingerprint density at radius 3 is 2.89 bits per heavy atom. The van der Waals surface area contributed by atoms with Crippen LogP contribution < -0.4 is 10.6 Å². The zero-order chi connectivity index (χ0) is 13.1. The lowest BCUT2D eigenvalue weighted by Crippen LogP contribution is -2.30. The Morgan fingerprint density at radius 2 is 2.22 bits per heavy atom. The first-order valence-corrected chi connectivity index (χ1v) is 5.27. The number of carboxylic acids is 1. The number of rotatable bonds is 4. The Balaban J connectivity index is 2.43. The van der Waals surface area contributed by atoms with Crippen LogP contribution in [0.25, 0.3) is 11.0 Å². The maximum absolute atomic E-state index is 12.0. The zero-order valence-corrected chi connectivity index (χ0v) is 9.65. The molecule has 2 rings (SSSR count). The molecule has 0 bridgehead atoms. The summed E-state index contributed by atoms with van der Waals surface area (Å²) in [5.74, 6) is -1.57. The molecule has 7 nitrogen and oxygen atoms in total. The Labute approximate surface area is 102 Å². The van der Waals surface area contributed by atoms with Gasteiger partial charge in [0, 0.05) is 12.7 Å². The van der Waals surface area contributed by atoms with Crippen LogP contribution >= 0.6 is 0 Å². The van der Waals surface area contributed by atoms with Gasteiger partial charge in [-0.05, 0) is 12.1 Å². The van der Waals surface area contributed by atoms with Crippen molar-refractivity contribution < 1.29 is 14.7 Å². The van der Waals surface area contributed by atoms with Gasteiger partial charge in [-0.25, -0.2) is 4.98 Å². The number of fused-ring (bicyclic) bond motifs is 1. The average Bonchev–Trinajstić information content (AvgIpc) is 2.82. The maximum Gasteiger partial charge on any atom is 0.322 e. The standard InChI is InChI=1S/C11H12N4O3/c1-12-6-2-3-7-10(15-5-14-7)9(6)11(18)13-4-8(16)17/h2-3,5,12H,4H2,1H3,(H,13,18)(H,14,15)(H,16,17). The molecule has 4 N–H and O–H groups in total. The first-order chi connectivity index (χ1) is 8.63. The largest absolute Gasteiger partial charge is 0.480 e. The molecule has 1 aromatic heterocycles. The van der Waals surface area contributed by atoms with E-state index in [0.717, 1.165) is 5.52 Å². The third kappa shape index (κ3) is 2.10. The van der Waals surface area contributed by atoms with Crippen molar-refractivity contribution in [2.45, 2.75) is 0 Å². The van der Waals surface area contributed by atoms with E-state index in [1.807, 2.05) is 0 Å². The number of carbonyl (C=O) groups is 2. The summed E-state index contributed by atoms with van der Waals surface area (Å²) in [6.07, 6.45) is 1.48. The van der Waals surface area contributed by atoms with E-state index in [4.69, 9.17) is 5.11 Å². The summed E-state index contributed by atoms with van der Waals surface area (Å²) >= 11 is 0. The smallest absolute Gasteiger partial charge is 0.322 e. The number of amides is 1. The molecule has 1 heterocycles. The lowest BCUT2D eigenvalue weighted by Gasteiger charge is -2.09. The molecule has 0 saturated heterocycles. The number of carbonyl (C=O) groups excluding carboxylic acids is 1. The number of carboxylic acid groups (broad SMARTS) is 1. The predicted molar refractivity (Wildman–Crippen MR) is 65.6 cm³/mol. The molecule has 0 aliphatic carbocycles. The number of nitrogens with zero attached hydrogens (tertiary/aromatic N) is 1. The van der Waals surface area contributed by atoms with Crippen molar-refractivity contribution in [3.05, 3.63) is 24.0 Å². The number of nitrogens with one attached hydrogen (secondary N) is 3. The van der Waals surface area contributed by atoms with Crippen LogP contribution in [0.15, 0.2) is 18.5 Å². The quantitative estimate of drug-likeness (QED) is 0.627. The predicted octanol–water partition coefficient (Wildman–Crippen LogP) is 0.419. The minimum Gasteiger partial charge on any atom is -0.480 e. The van der Waals surface area contributed by atoms with Gasteiger partial charge in [0.1, 0.15) is 12.1 Å². The van der Waals surface area contributed by atoms with Gasteiger partial charge in [0.15, 0.2) is 0 Å². The summed E-state index contributed by atoms with van der Waals surface area (Å²) in [6, 6.07) is 3.53. The molecule has 0 radical (unpaired) electrons. The summed E-state index contributed by atoms with van der Waals surface area (Å²) in [5.41, 5.74) is 2.15. The van der Waals surface area contributed by atoms with Crippen LogP contribution in [0.3, 0.4) is 0 Å². The maximum atomic E-state index is 12.0. The molecule has 2 aromatic rings. The van der Waals surface area contributed by atoms with E-state index in [1.54, 1.807) is 19.2 Å². The number of imidazole rings is 1. The molecule has 94 valence electrons. The molecule has 0 spiro atoms. The van der Waals surface area contributed by atoms with Crippen molar-refractivity contribution in [1.82, 2.24) is 15.3 Å². The Bertz CT molecular complexity index is 605. The van der Waals surface area contributed by atoms with Crippen molar-refractivity contribution >= 4 is 28.6 Å². The van der Waals surface area contributed by atoms with Crippen LogP contribution in [0.4, 0.5) is 5.69 Å². The number of anilines is 1. The third-order valence-electron chi connectivity index (χ3n) is 2.49. The first-order valence-electron chi connectivity index (χ1n) is 5.27. The molecule has 0 aliphatic rings. The molecular weight excluding hydrogens is 236 g/mol. The van der Waals surface area contributed by atoms with E-state index in [2.05, 4.69) is 20.6 Å². The molecule has 0 saturated carbocycles. The van der Waals surface area contributed by atoms with Crippen molar-refractivity contribution in [1.29, 1.82) is 0 Å². The van der Waals surface area contributed by atoms with Gasteiger partial charge in [0.2, 0.25) is 0 Å². The van der Waals surface area contributed by atoms with Crippen LogP contribution in [0.5, 0.6) is 0 Å². The molecule has 7 heteroatoms. The first kappa shape index (κ1) is 11.9. The van der Waals surface area contributed by atoms with Crippen LogP contribution in [0.2, 0.25) is 0 Å². The lowest BCUT2D eigenvalue weighted by molar-refractivity contribution is -0.135. The second kappa shape index (κ2) is 4.74. The Kier molecular flexibility index (Phi) is 3.13. The van der Waals surface area contributed by atoms with Crippen LogP contribution in [-0.4, -0.2) is 40.5 Å². The van der Waals surface area contributed by atoms with Crippen molar-refractivity contribution in [2.24, 2.45) is 0 Å². The van der Waals surface area contributed by atoms with Crippen LogP contribution in [0.1, 0.15) is 10.4 Å².